The summed E-state index contributed by atoms with van der Waals surface area (Å²) in [5, 5.41) is 16.4. The molecular weight excluding hydrogens is 220 g/mol. The average Bonchev–Trinajstić information content (AvgIpc) is 2.39. The van der Waals surface area contributed by atoms with Crippen LogP contribution < -0.4 is 4.74 Å². The van der Waals surface area contributed by atoms with Crippen LogP contribution in [-0.4, -0.2) is 28.4 Å². The molecule has 0 amide bonds. The zero-order valence-corrected chi connectivity index (χ0v) is 9.12. The van der Waals surface area contributed by atoms with Crippen LogP contribution in [0.2, 0.25) is 0 Å². The summed E-state index contributed by atoms with van der Waals surface area (Å²) in [5.41, 5.74) is 1.43. The van der Waals surface area contributed by atoms with Gasteiger partial charge in [0.05, 0.1) is 24.6 Å². The molecule has 0 aliphatic heterocycles. The number of carboxylic acids is 1. The summed E-state index contributed by atoms with van der Waals surface area (Å²) in [4.78, 5) is 10.8. The zero-order chi connectivity index (χ0) is 12.3. The molecule has 17 heavy (non-hydrogen) atoms. The highest BCUT2D eigenvalue weighted by molar-refractivity contribution is 5.88. The van der Waals surface area contributed by atoms with Gasteiger partial charge < -0.3 is 9.84 Å². The standard InChI is InChI=1S/C12H10N2O3/c1-17-10-4-2-8(3-5-10)11-6-9(12(15)16)7-13-14-11/h2-7H,1H3,(H,15,16). The Hall–Kier alpha value is -2.43. The van der Waals surface area contributed by atoms with Crippen LogP contribution in [0.1, 0.15) is 10.4 Å². The Labute approximate surface area is 97.7 Å². The van der Waals surface area contributed by atoms with Crippen LogP contribution in [0.15, 0.2) is 36.5 Å². The molecule has 1 aromatic heterocycles. The Morgan fingerprint density at radius 1 is 1.29 bits per heavy atom. The van der Waals surface area contributed by atoms with E-state index in [9.17, 15) is 4.79 Å². The van der Waals surface area contributed by atoms with Gasteiger partial charge in [-0.25, -0.2) is 4.79 Å². The first-order chi connectivity index (χ1) is 8.20. The van der Waals surface area contributed by atoms with Gasteiger partial charge in [-0.15, -0.1) is 0 Å². The Bertz CT molecular complexity index is 538. The molecule has 0 atom stereocenters. The topological polar surface area (TPSA) is 72.3 Å². The molecule has 2 aromatic rings. The van der Waals surface area contributed by atoms with E-state index in [0.29, 0.717) is 5.69 Å². The van der Waals surface area contributed by atoms with E-state index in [1.165, 1.54) is 12.3 Å². The van der Waals surface area contributed by atoms with Gasteiger partial charge in [0.1, 0.15) is 5.75 Å². The van der Waals surface area contributed by atoms with Crippen molar-refractivity contribution in [1.29, 1.82) is 0 Å². The Kier molecular flexibility index (Phi) is 3.00. The van der Waals surface area contributed by atoms with E-state index in [1.807, 2.05) is 0 Å². The van der Waals surface area contributed by atoms with E-state index in [4.69, 9.17) is 9.84 Å². The lowest BCUT2D eigenvalue weighted by molar-refractivity contribution is 0.0696. The number of ether oxygens (including phenoxy) is 1. The summed E-state index contributed by atoms with van der Waals surface area (Å²) in [6.45, 7) is 0. The van der Waals surface area contributed by atoms with Crippen LogP contribution in [0, 0.1) is 0 Å². The van der Waals surface area contributed by atoms with Crippen molar-refractivity contribution < 1.29 is 14.6 Å². The molecular formula is C12H10N2O3. The normalized spacial score (nSPS) is 9.94. The van der Waals surface area contributed by atoms with Crippen LogP contribution in [0.3, 0.4) is 0 Å². The quantitative estimate of drug-likeness (QED) is 0.871. The van der Waals surface area contributed by atoms with Gasteiger partial charge in [-0.1, -0.05) is 0 Å². The Morgan fingerprint density at radius 2 is 2.00 bits per heavy atom. The molecule has 0 spiro atoms. The minimum absolute atomic E-state index is 0.116. The fourth-order valence-electron chi connectivity index (χ4n) is 1.39. The predicted molar refractivity (Wildman–Crippen MR) is 61.0 cm³/mol. The third kappa shape index (κ3) is 2.39. The monoisotopic (exact) mass is 230 g/mol. The summed E-state index contributed by atoms with van der Waals surface area (Å²) >= 11 is 0. The molecule has 5 heteroatoms. The number of aromatic nitrogens is 2. The third-order valence-electron chi connectivity index (χ3n) is 2.29. The van der Waals surface area contributed by atoms with Gasteiger partial charge in [-0.3, -0.25) is 0 Å². The maximum absolute atomic E-state index is 10.8. The molecule has 2 rings (SSSR count). The summed E-state index contributed by atoms with van der Waals surface area (Å²) in [6, 6.07) is 8.65. The number of benzene rings is 1. The highest BCUT2D eigenvalue weighted by Crippen LogP contribution is 2.20. The first-order valence-electron chi connectivity index (χ1n) is 4.91. The minimum Gasteiger partial charge on any atom is -0.497 e. The second kappa shape index (κ2) is 4.61. The van der Waals surface area contributed by atoms with Crippen LogP contribution in [0.25, 0.3) is 11.3 Å². The maximum atomic E-state index is 10.8. The fourth-order valence-corrected chi connectivity index (χ4v) is 1.39. The fraction of sp³-hybridized carbons (Fsp3) is 0.0833. The lowest BCUT2D eigenvalue weighted by Gasteiger charge is -2.03. The average molecular weight is 230 g/mol. The van der Waals surface area contributed by atoms with E-state index in [1.54, 1.807) is 31.4 Å². The number of methoxy groups -OCH3 is 1. The van der Waals surface area contributed by atoms with Gasteiger partial charge in [0.2, 0.25) is 0 Å². The lowest BCUT2D eigenvalue weighted by atomic mass is 10.1. The van der Waals surface area contributed by atoms with Gasteiger partial charge in [0.25, 0.3) is 0 Å². The maximum Gasteiger partial charge on any atom is 0.337 e. The number of hydrogen-bond donors (Lipinski definition) is 1. The van der Waals surface area contributed by atoms with Gasteiger partial charge in [0, 0.05) is 5.56 Å². The molecule has 0 bridgehead atoms. The number of aromatic carboxylic acids is 1. The van der Waals surface area contributed by atoms with Crippen LogP contribution in [0.5, 0.6) is 5.75 Å². The third-order valence-corrected chi connectivity index (χ3v) is 2.29. The minimum atomic E-state index is -1.02. The van der Waals surface area contributed by atoms with Crippen LogP contribution in [0.4, 0.5) is 0 Å². The number of nitrogens with zero attached hydrogens (tertiary/aromatic N) is 2. The van der Waals surface area contributed by atoms with Crippen molar-refractivity contribution in [2.45, 2.75) is 0 Å². The lowest BCUT2D eigenvalue weighted by Crippen LogP contribution is -1.99. The second-order valence-corrected chi connectivity index (χ2v) is 3.36. The Balaban J connectivity index is 2.38. The molecule has 0 saturated heterocycles. The number of carboxylic acid groups (broad SMARTS) is 1. The zero-order valence-electron chi connectivity index (χ0n) is 9.12. The Morgan fingerprint density at radius 3 is 2.59 bits per heavy atom. The molecule has 1 heterocycles. The number of carbonyl (C=O) groups is 1. The number of hydrogen-bond acceptors (Lipinski definition) is 4. The van der Waals surface area contributed by atoms with Gasteiger partial charge in [0.15, 0.2) is 0 Å². The van der Waals surface area contributed by atoms with E-state index in [0.717, 1.165) is 11.3 Å². The van der Waals surface area contributed by atoms with E-state index in [-0.39, 0.29) is 5.56 Å². The van der Waals surface area contributed by atoms with E-state index < -0.39 is 5.97 Å². The number of rotatable bonds is 3. The van der Waals surface area contributed by atoms with E-state index in [2.05, 4.69) is 10.2 Å². The molecule has 0 saturated carbocycles. The predicted octanol–water partition coefficient (Wildman–Crippen LogP) is 1.85. The van der Waals surface area contributed by atoms with Gasteiger partial charge in [-0.2, -0.15) is 10.2 Å². The van der Waals surface area contributed by atoms with Crippen molar-refractivity contribution in [2.24, 2.45) is 0 Å². The van der Waals surface area contributed by atoms with Crippen molar-refractivity contribution in [1.82, 2.24) is 10.2 Å². The van der Waals surface area contributed by atoms with Crippen molar-refractivity contribution in [3.05, 3.63) is 42.1 Å². The van der Waals surface area contributed by atoms with Gasteiger partial charge in [-0.05, 0) is 30.3 Å². The highest BCUT2D eigenvalue weighted by Gasteiger charge is 2.07. The molecule has 0 radical (unpaired) electrons. The van der Waals surface area contributed by atoms with Crippen molar-refractivity contribution in [2.75, 3.05) is 7.11 Å². The molecule has 86 valence electrons. The molecule has 1 aromatic carbocycles. The largest absolute Gasteiger partial charge is 0.497 e. The smallest absolute Gasteiger partial charge is 0.337 e. The van der Waals surface area contributed by atoms with Crippen molar-refractivity contribution >= 4 is 5.97 Å². The van der Waals surface area contributed by atoms with Crippen LogP contribution >= 0.6 is 0 Å². The molecule has 0 unspecified atom stereocenters. The molecule has 5 nitrogen and oxygen atoms in total. The summed E-state index contributed by atoms with van der Waals surface area (Å²) in [7, 11) is 1.58. The van der Waals surface area contributed by atoms with E-state index >= 15 is 0 Å². The van der Waals surface area contributed by atoms with Crippen LogP contribution in [-0.2, 0) is 0 Å². The van der Waals surface area contributed by atoms with Crippen molar-refractivity contribution in [3.8, 4) is 17.0 Å². The SMILES string of the molecule is COc1ccc(-c2cc(C(=O)O)cnn2)cc1. The van der Waals surface area contributed by atoms with Gasteiger partial charge >= 0.3 is 5.97 Å². The molecule has 0 fully saturated rings. The first-order valence-corrected chi connectivity index (χ1v) is 4.91. The first kappa shape index (κ1) is 11.1. The van der Waals surface area contributed by atoms with Crippen molar-refractivity contribution in [3.63, 3.8) is 0 Å². The second-order valence-electron chi connectivity index (χ2n) is 3.36. The molecule has 1 N–H and O–H groups in total. The summed E-state index contributed by atoms with van der Waals surface area (Å²) in [6.07, 6.45) is 1.22. The highest BCUT2D eigenvalue weighted by atomic mass is 16.5. The molecule has 0 aliphatic rings. The summed E-state index contributed by atoms with van der Waals surface area (Å²) < 4.78 is 5.04. The summed E-state index contributed by atoms with van der Waals surface area (Å²) in [5.74, 6) is -0.286. The molecule has 0 aliphatic carbocycles.